The zero-order valence-electron chi connectivity index (χ0n) is 18.5. The van der Waals surface area contributed by atoms with E-state index in [4.69, 9.17) is 9.47 Å². The van der Waals surface area contributed by atoms with Gasteiger partial charge in [0.05, 0.1) is 30.9 Å². The summed E-state index contributed by atoms with van der Waals surface area (Å²) in [5.41, 5.74) is 2.77. The van der Waals surface area contributed by atoms with Gasteiger partial charge in [-0.2, -0.15) is 4.98 Å². The number of anilines is 2. The fraction of sp³-hybridized carbons (Fsp3) is 0.208. The summed E-state index contributed by atoms with van der Waals surface area (Å²) in [5.74, 6) is 0.456. The fourth-order valence-electron chi connectivity index (χ4n) is 3.49. The Bertz CT molecular complexity index is 1420. The minimum absolute atomic E-state index is 0. The maximum atomic E-state index is 12.6. The molecular formula is C24H26N6O4. The summed E-state index contributed by atoms with van der Waals surface area (Å²) in [6.45, 7) is 1.84. The number of H-pyrrole nitrogens is 1. The largest absolute Gasteiger partial charge is 0.480 e. The number of hydrogen-bond acceptors (Lipinski definition) is 8. The van der Waals surface area contributed by atoms with E-state index in [0.29, 0.717) is 39.1 Å². The molecule has 0 radical (unpaired) electrons. The average Bonchev–Trinajstić information content (AvgIpc) is 2.83. The minimum atomic E-state index is -0.286. The summed E-state index contributed by atoms with van der Waals surface area (Å²) >= 11 is 0. The number of benzene rings is 1. The zero-order valence-corrected chi connectivity index (χ0v) is 18.5. The smallest absolute Gasteiger partial charge is 0.319 e. The maximum Gasteiger partial charge on any atom is 0.319 e. The summed E-state index contributed by atoms with van der Waals surface area (Å²) in [7, 11) is 4.54. The molecule has 0 aliphatic heterocycles. The second-order valence-corrected chi connectivity index (χ2v) is 7.14. The van der Waals surface area contributed by atoms with Gasteiger partial charge in [0, 0.05) is 30.7 Å². The summed E-state index contributed by atoms with van der Waals surface area (Å²) in [5, 5.41) is 6.89. The van der Waals surface area contributed by atoms with Gasteiger partial charge in [0.1, 0.15) is 5.82 Å². The molecule has 10 nitrogen and oxygen atoms in total. The zero-order chi connectivity index (χ0) is 23.5. The molecule has 0 saturated heterocycles. The number of aryl methyl sites for hydroxylation is 1. The van der Waals surface area contributed by atoms with E-state index >= 15 is 0 Å². The summed E-state index contributed by atoms with van der Waals surface area (Å²) in [4.78, 5) is 40.4. The van der Waals surface area contributed by atoms with Crippen LogP contribution < -0.4 is 25.7 Å². The molecule has 0 saturated carbocycles. The number of fused-ring (bicyclic) bond motifs is 1. The Balaban J connectivity index is 0.00000324. The van der Waals surface area contributed by atoms with Gasteiger partial charge in [-0.25, -0.2) is 9.97 Å². The van der Waals surface area contributed by atoms with Crippen molar-refractivity contribution in [3.63, 3.8) is 0 Å². The van der Waals surface area contributed by atoms with Crippen LogP contribution in [0.5, 0.6) is 11.9 Å². The molecule has 0 spiro atoms. The molecular weight excluding hydrogens is 436 g/mol. The molecule has 0 atom stereocenters. The predicted octanol–water partition coefficient (Wildman–Crippen LogP) is 3.45. The highest BCUT2D eigenvalue weighted by atomic mass is 16.5. The van der Waals surface area contributed by atoms with Gasteiger partial charge in [0.25, 0.3) is 11.5 Å². The van der Waals surface area contributed by atoms with Crippen LogP contribution in [0.25, 0.3) is 22.0 Å². The first-order valence-corrected chi connectivity index (χ1v) is 10.0. The van der Waals surface area contributed by atoms with E-state index in [1.807, 2.05) is 13.0 Å². The summed E-state index contributed by atoms with van der Waals surface area (Å²) < 4.78 is 10.5. The van der Waals surface area contributed by atoms with Crippen LogP contribution in [0.3, 0.4) is 0 Å². The highest BCUT2D eigenvalue weighted by Crippen LogP contribution is 2.32. The minimum Gasteiger partial charge on any atom is -0.480 e. The van der Waals surface area contributed by atoms with Gasteiger partial charge in [-0.05, 0) is 48.2 Å². The van der Waals surface area contributed by atoms with E-state index < -0.39 is 0 Å². The third kappa shape index (κ3) is 4.51. The van der Waals surface area contributed by atoms with Crippen molar-refractivity contribution in [1.29, 1.82) is 0 Å². The van der Waals surface area contributed by atoms with E-state index in [0.717, 1.165) is 5.56 Å². The Morgan fingerprint density at radius 1 is 1.09 bits per heavy atom. The topological polar surface area (TPSA) is 131 Å². The lowest BCUT2D eigenvalue weighted by Crippen LogP contribution is -2.18. The van der Waals surface area contributed by atoms with Crippen molar-refractivity contribution >= 4 is 28.2 Å². The van der Waals surface area contributed by atoms with E-state index in [1.165, 1.54) is 14.2 Å². The number of carbonyl (C=O) groups is 1. The number of methoxy groups -OCH3 is 2. The van der Waals surface area contributed by atoms with E-state index in [-0.39, 0.29) is 30.8 Å². The Labute approximate surface area is 196 Å². The van der Waals surface area contributed by atoms with Crippen molar-refractivity contribution in [1.82, 2.24) is 25.3 Å². The molecule has 0 aliphatic carbocycles. The molecule has 0 unspecified atom stereocenters. The molecule has 34 heavy (non-hydrogen) atoms. The number of amides is 1. The van der Waals surface area contributed by atoms with Gasteiger partial charge in [-0.15, -0.1) is 0 Å². The second-order valence-electron chi connectivity index (χ2n) is 7.14. The highest BCUT2D eigenvalue weighted by molar-refractivity contribution is 5.97. The monoisotopic (exact) mass is 462 g/mol. The quantitative estimate of drug-likeness (QED) is 0.397. The van der Waals surface area contributed by atoms with Gasteiger partial charge in [-0.3, -0.25) is 9.59 Å². The average molecular weight is 463 g/mol. The molecule has 0 fully saturated rings. The van der Waals surface area contributed by atoms with Gasteiger partial charge in [0.2, 0.25) is 5.88 Å². The number of ether oxygens (including phenoxy) is 2. The normalized spacial score (nSPS) is 10.4. The SMILES string of the molecule is C.CNC(=O)c1ccc(Nc2nc(-c3cnc(OC)nc3OC)cc3cc[nH]c(=O)c23)cc1C. The predicted molar refractivity (Wildman–Crippen MR) is 131 cm³/mol. The van der Waals surface area contributed by atoms with E-state index in [9.17, 15) is 9.59 Å². The second kappa shape index (κ2) is 9.99. The molecule has 0 aliphatic rings. The van der Waals surface area contributed by atoms with Crippen LogP contribution in [-0.2, 0) is 0 Å². The number of aromatic amines is 1. The van der Waals surface area contributed by atoms with Crippen LogP contribution >= 0.6 is 0 Å². The van der Waals surface area contributed by atoms with Crippen LogP contribution in [0.2, 0.25) is 0 Å². The molecule has 176 valence electrons. The van der Waals surface area contributed by atoms with Gasteiger partial charge in [-0.1, -0.05) is 7.43 Å². The number of nitrogens with one attached hydrogen (secondary N) is 3. The Kier molecular flexibility index (Phi) is 7.10. The van der Waals surface area contributed by atoms with Crippen molar-refractivity contribution in [3.8, 4) is 23.1 Å². The van der Waals surface area contributed by atoms with Crippen molar-refractivity contribution in [2.45, 2.75) is 14.4 Å². The molecule has 0 bridgehead atoms. The third-order valence-electron chi connectivity index (χ3n) is 5.10. The van der Waals surface area contributed by atoms with Gasteiger partial charge >= 0.3 is 6.01 Å². The van der Waals surface area contributed by atoms with Crippen molar-refractivity contribution in [3.05, 3.63) is 64.2 Å². The molecule has 4 rings (SSSR count). The van der Waals surface area contributed by atoms with Crippen LogP contribution in [0.1, 0.15) is 23.3 Å². The fourth-order valence-corrected chi connectivity index (χ4v) is 3.49. The Morgan fingerprint density at radius 3 is 2.56 bits per heavy atom. The molecule has 4 aromatic rings. The lowest BCUT2D eigenvalue weighted by atomic mass is 10.1. The first-order valence-electron chi connectivity index (χ1n) is 10.0. The lowest BCUT2D eigenvalue weighted by molar-refractivity contribution is 0.0962. The standard InChI is InChI=1S/C23H22N6O4.CH4/c1-12-9-14(5-6-15(12)20(30)24-2)27-19-18-13(7-8-25-21(18)31)10-17(28-19)16-11-26-23(33-4)29-22(16)32-3;/h5-11H,1-4H3,(H,24,30)(H,25,31)(H,27,28);1H4. The summed E-state index contributed by atoms with van der Waals surface area (Å²) in [6.07, 6.45) is 3.13. The van der Waals surface area contributed by atoms with Crippen LogP contribution in [0.15, 0.2) is 47.5 Å². The molecule has 10 heteroatoms. The number of pyridine rings is 2. The van der Waals surface area contributed by atoms with E-state index in [1.54, 1.807) is 43.7 Å². The first-order chi connectivity index (χ1) is 15.9. The van der Waals surface area contributed by atoms with Crippen LogP contribution in [-0.4, -0.2) is 47.1 Å². The molecule has 3 N–H and O–H groups in total. The molecule has 1 amide bonds. The third-order valence-corrected chi connectivity index (χ3v) is 5.10. The Hall–Kier alpha value is -4.47. The van der Waals surface area contributed by atoms with E-state index in [2.05, 4.69) is 30.6 Å². The highest BCUT2D eigenvalue weighted by Gasteiger charge is 2.17. The number of hydrogen-bond donors (Lipinski definition) is 3. The Morgan fingerprint density at radius 2 is 1.88 bits per heavy atom. The number of carbonyl (C=O) groups excluding carboxylic acids is 1. The first kappa shape index (κ1) is 24.2. The molecule has 3 heterocycles. The van der Waals surface area contributed by atoms with Gasteiger partial charge in [0.15, 0.2) is 0 Å². The van der Waals surface area contributed by atoms with Gasteiger partial charge < -0.3 is 25.1 Å². The number of aromatic nitrogens is 4. The maximum absolute atomic E-state index is 12.6. The van der Waals surface area contributed by atoms with Crippen molar-refractivity contribution in [2.24, 2.45) is 0 Å². The van der Waals surface area contributed by atoms with Crippen molar-refractivity contribution < 1.29 is 14.3 Å². The number of rotatable bonds is 6. The lowest BCUT2D eigenvalue weighted by Gasteiger charge is -2.14. The molecule has 3 aromatic heterocycles. The summed E-state index contributed by atoms with van der Waals surface area (Å²) in [6, 6.07) is 9.00. The molecule has 1 aromatic carbocycles. The van der Waals surface area contributed by atoms with Crippen LogP contribution in [0, 0.1) is 6.92 Å². The number of nitrogens with zero attached hydrogens (tertiary/aromatic N) is 3. The van der Waals surface area contributed by atoms with Crippen LogP contribution in [0.4, 0.5) is 11.5 Å². The van der Waals surface area contributed by atoms with Crippen molar-refractivity contribution in [2.75, 3.05) is 26.6 Å².